The Morgan fingerprint density at radius 3 is 2.67 bits per heavy atom. The smallest absolute Gasteiger partial charge is 0.306 e. The van der Waals surface area contributed by atoms with Crippen molar-refractivity contribution in [1.82, 2.24) is 0 Å². The summed E-state index contributed by atoms with van der Waals surface area (Å²) in [7, 11) is 0. The lowest BCUT2D eigenvalue weighted by molar-refractivity contribution is -0.153. The number of hydrogen-bond acceptors (Lipinski definition) is 6. The molecule has 0 aromatic heterocycles. The number of rotatable bonds is 5. The maximum atomic E-state index is 11.5. The number of carbonyl (C=O) groups is 2. The first kappa shape index (κ1) is 13.5. The number of fused-ring (bicyclic) bond motifs is 1. The predicted molar refractivity (Wildman–Crippen MR) is 59.9 cm³/mol. The molecule has 2 saturated heterocycles. The standard InChI is InChI=1S/C12H18O6/c1-7(13)3-2-4-10(15)18-9-6-17-11-8(14)5-16-12(9)11/h8-9,11-12,14H,2-6H2,1H3/t8-,9-,11-,12-/m1/s1. The molecule has 6 heteroatoms. The van der Waals surface area contributed by atoms with E-state index in [4.69, 9.17) is 14.2 Å². The first-order valence-electron chi connectivity index (χ1n) is 6.18. The quantitative estimate of drug-likeness (QED) is 0.689. The van der Waals surface area contributed by atoms with Crippen LogP contribution in [0.3, 0.4) is 0 Å². The second kappa shape index (κ2) is 5.77. The highest BCUT2D eigenvalue weighted by molar-refractivity contribution is 5.76. The van der Waals surface area contributed by atoms with Crippen molar-refractivity contribution in [3.05, 3.63) is 0 Å². The van der Waals surface area contributed by atoms with E-state index in [1.54, 1.807) is 0 Å². The Hall–Kier alpha value is -0.980. The molecule has 2 aliphatic heterocycles. The van der Waals surface area contributed by atoms with Crippen molar-refractivity contribution in [2.45, 2.75) is 50.6 Å². The van der Waals surface area contributed by atoms with Crippen LogP contribution in [-0.4, -0.2) is 54.5 Å². The van der Waals surface area contributed by atoms with E-state index in [-0.39, 0.29) is 43.6 Å². The van der Waals surface area contributed by atoms with Crippen LogP contribution in [0.2, 0.25) is 0 Å². The van der Waals surface area contributed by atoms with Crippen LogP contribution in [0.4, 0.5) is 0 Å². The van der Waals surface area contributed by atoms with Gasteiger partial charge in [-0.25, -0.2) is 0 Å². The third-order valence-corrected chi connectivity index (χ3v) is 3.17. The van der Waals surface area contributed by atoms with Crippen molar-refractivity contribution < 1.29 is 28.9 Å². The number of aliphatic hydroxyl groups is 1. The molecule has 2 aliphatic rings. The van der Waals surface area contributed by atoms with Crippen molar-refractivity contribution in [3.8, 4) is 0 Å². The largest absolute Gasteiger partial charge is 0.457 e. The van der Waals surface area contributed by atoms with Crippen LogP contribution in [0.5, 0.6) is 0 Å². The third kappa shape index (κ3) is 3.07. The molecule has 0 aromatic carbocycles. The summed E-state index contributed by atoms with van der Waals surface area (Å²) < 4.78 is 15.9. The molecule has 0 spiro atoms. The summed E-state index contributed by atoms with van der Waals surface area (Å²) in [6.07, 6.45) is -0.738. The van der Waals surface area contributed by atoms with E-state index in [9.17, 15) is 14.7 Å². The van der Waals surface area contributed by atoms with Gasteiger partial charge in [0.1, 0.15) is 24.1 Å². The molecule has 4 atom stereocenters. The lowest BCUT2D eigenvalue weighted by atomic mass is 10.1. The van der Waals surface area contributed by atoms with E-state index in [1.165, 1.54) is 6.92 Å². The number of hydrogen-bond donors (Lipinski definition) is 1. The molecule has 0 radical (unpaired) electrons. The highest BCUT2D eigenvalue weighted by atomic mass is 16.6. The second-order valence-corrected chi connectivity index (χ2v) is 4.75. The molecular formula is C12H18O6. The number of esters is 1. The van der Waals surface area contributed by atoms with E-state index in [0.29, 0.717) is 12.8 Å². The first-order valence-corrected chi connectivity index (χ1v) is 6.18. The summed E-state index contributed by atoms with van der Waals surface area (Å²) in [6.45, 7) is 1.97. The normalized spacial score (nSPS) is 34.3. The summed E-state index contributed by atoms with van der Waals surface area (Å²) in [6, 6.07) is 0. The molecule has 0 amide bonds. The molecule has 0 aromatic rings. The van der Waals surface area contributed by atoms with E-state index in [2.05, 4.69) is 0 Å². The van der Waals surface area contributed by atoms with Gasteiger partial charge in [-0.2, -0.15) is 0 Å². The fourth-order valence-corrected chi connectivity index (χ4v) is 2.25. The molecular weight excluding hydrogens is 240 g/mol. The zero-order chi connectivity index (χ0) is 13.1. The minimum Gasteiger partial charge on any atom is -0.457 e. The molecule has 6 nitrogen and oxygen atoms in total. The lowest BCUT2D eigenvalue weighted by Crippen LogP contribution is -2.34. The molecule has 0 saturated carbocycles. The number of ether oxygens (including phenoxy) is 3. The fourth-order valence-electron chi connectivity index (χ4n) is 2.25. The molecule has 1 N–H and O–H groups in total. The minimum absolute atomic E-state index is 0.0642. The lowest BCUT2D eigenvalue weighted by Gasteiger charge is -2.16. The van der Waals surface area contributed by atoms with E-state index < -0.39 is 12.2 Å². The van der Waals surface area contributed by atoms with Crippen LogP contribution in [0, 0.1) is 0 Å². The van der Waals surface area contributed by atoms with Crippen molar-refractivity contribution in [3.63, 3.8) is 0 Å². The van der Waals surface area contributed by atoms with Crippen LogP contribution in [-0.2, 0) is 23.8 Å². The fraction of sp³-hybridized carbons (Fsp3) is 0.833. The Labute approximate surface area is 105 Å². The average Bonchev–Trinajstić information content (AvgIpc) is 2.83. The predicted octanol–water partition coefficient (Wildman–Crippen LogP) is -0.184. The maximum absolute atomic E-state index is 11.5. The van der Waals surface area contributed by atoms with Crippen LogP contribution in [0.1, 0.15) is 26.2 Å². The number of aliphatic hydroxyl groups excluding tert-OH is 1. The highest BCUT2D eigenvalue weighted by Gasteiger charge is 2.48. The Balaban J connectivity index is 1.73. The SMILES string of the molecule is CC(=O)CCCC(=O)O[C@@H]1CO[C@H]2[C@@H]1OC[C@H]2O. The van der Waals surface area contributed by atoms with Gasteiger partial charge in [0.2, 0.25) is 0 Å². The maximum Gasteiger partial charge on any atom is 0.306 e. The summed E-state index contributed by atoms with van der Waals surface area (Å²) in [5.41, 5.74) is 0. The van der Waals surface area contributed by atoms with Gasteiger partial charge in [-0.3, -0.25) is 4.79 Å². The Bertz CT molecular complexity index is 329. The number of ketones is 1. The van der Waals surface area contributed by atoms with Crippen molar-refractivity contribution >= 4 is 11.8 Å². The van der Waals surface area contributed by atoms with Crippen LogP contribution >= 0.6 is 0 Å². The van der Waals surface area contributed by atoms with Crippen molar-refractivity contribution in [2.75, 3.05) is 13.2 Å². The van der Waals surface area contributed by atoms with Crippen LogP contribution < -0.4 is 0 Å². The van der Waals surface area contributed by atoms with E-state index in [1.807, 2.05) is 0 Å². The van der Waals surface area contributed by atoms with Gasteiger partial charge >= 0.3 is 5.97 Å². The monoisotopic (exact) mass is 258 g/mol. The van der Waals surface area contributed by atoms with Crippen LogP contribution in [0.25, 0.3) is 0 Å². The van der Waals surface area contributed by atoms with Gasteiger partial charge in [0.15, 0.2) is 6.10 Å². The molecule has 2 fully saturated rings. The van der Waals surface area contributed by atoms with Crippen LogP contribution in [0.15, 0.2) is 0 Å². The molecule has 2 heterocycles. The molecule has 102 valence electrons. The van der Waals surface area contributed by atoms with Gasteiger partial charge in [0, 0.05) is 12.8 Å². The van der Waals surface area contributed by atoms with Gasteiger partial charge < -0.3 is 24.1 Å². The summed E-state index contributed by atoms with van der Waals surface area (Å²) in [4.78, 5) is 22.3. The topological polar surface area (TPSA) is 82.1 Å². The van der Waals surface area contributed by atoms with E-state index in [0.717, 1.165) is 0 Å². The van der Waals surface area contributed by atoms with Gasteiger partial charge in [0.05, 0.1) is 13.2 Å². The summed E-state index contributed by atoms with van der Waals surface area (Å²) in [5.74, 6) is -0.287. The van der Waals surface area contributed by atoms with Gasteiger partial charge in [0.25, 0.3) is 0 Å². The van der Waals surface area contributed by atoms with Gasteiger partial charge in [-0.05, 0) is 13.3 Å². The Kier molecular flexibility index (Phi) is 4.31. The molecule has 2 rings (SSSR count). The average molecular weight is 258 g/mol. The van der Waals surface area contributed by atoms with Gasteiger partial charge in [-0.1, -0.05) is 0 Å². The second-order valence-electron chi connectivity index (χ2n) is 4.75. The molecule has 18 heavy (non-hydrogen) atoms. The summed E-state index contributed by atoms with van der Waals surface area (Å²) in [5, 5.41) is 9.53. The Morgan fingerprint density at radius 2 is 1.94 bits per heavy atom. The third-order valence-electron chi connectivity index (χ3n) is 3.17. The highest BCUT2D eigenvalue weighted by Crippen LogP contribution is 2.28. The summed E-state index contributed by atoms with van der Waals surface area (Å²) >= 11 is 0. The van der Waals surface area contributed by atoms with Gasteiger partial charge in [-0.15, -0.1) is 0 Å². The number of Topliss-reactive ketones (excluding diaryl/α,β-unsaturated/α-hetero) is 1. The molecule has 0 unspecified atom stereocenters. The van der Waals surface area contributed by atoms with E-state index >= 15 is 0 Å². The van der Waals surface area contributed by atoms with Crippen molar-refractivity contribution in [2.24, 2.45) is 0 Å². The Morgan fingerprint density at radius 1 is 1.22 bits per heavy atom. The zero-order valence-electron chi connectivity index (χ0n) is 10.3. The minimum atomic E-state index is -0.642. The first-order chi connectivity index (χ1) is 8.58. The zero-order valence-corrected chi connectivity index (χ0v) is 10.3. The molecule has 0 aliphatic carbocycles. The van der Waals surface area contributed by atoms with Crippen molar-refractivity contribution in [1.29, 1.82) is 0 Å². The number of carbonyl (C=O) groups excluding carboxylic acids is 2. The molecule has 0 bridgehead atoms.